The number of likely N-dealkylation sites (tertiary alicyclic amines) is 1. The highest BCUT2D eigenvalue weighted by molar-refractivity contribution is 7.20. The van der Waals surface area contributed by atoms with Gasteiger partial charge in [-0.15, -0.1) is 11.3 Å². The molecule has 1 amide bonds. The second-order valence-corrected chi connectivity index (χ2v) is 8.34. The molecule has 142 valence electrons. The van der Waals surface area contributed by atoms with Gasteiger partial charge in [0.05, 0.1) is 10.2 Å². The monoisotopic (exact) mass is 385 g/mol. The largest absolute Gasteiger partial charge is 0.345 e. The summed E-state index contributed by atoms with van der Waals surface area (Å²) < 4.78 is 4.16. The molecule has 4 rings (SSSR count). The van der Waals surface area contributed by atoms with E-state index >= 15 is 0 Å². The Morgan fingerprint density at radius 3 is 2.81 bits per heavy atom. The van der Waals surface area contributed by atoms with E-state index in [9.17, 15) is 9.59 Å². The fraction of sp³-hybridized carbons (Fsp3) is 0.474. The molecule has 1 fully saturated rings. The van der Waals surface area contributed by atoms with Gasteiger partial charge < -0.3 is 4.90 Å². The zero-order valence-corrected chi connectivity index (χ0v) is 16.6. The van der Waals surface area contributed by atoms with Crippen molar-refractivity contribution in [3.8, 4) is 0 Å². The van der Waals surface area contributed by atoms with Crippen molar-refractivity contribution in [2.24, 2.45) is 7.05 Å². The van der Waals surface area contributed by atoms with Crippen molar-refractivity contribution in [1.29, 1.82) is 0 Å². The SMILES string of the molecule is CC(C)n1c(C2CCCN(C(=O)c3nc4ccccc4s3)C2)nn(C)c1=O. The predicted molar refractivity (Wildman–Crippen MR) is 105 cm³/mol. The van der Waals surface area contributed by atoms with Gasteiger partial charge in [0.25, 0.3) is 5.91 Å². The van der Waals surface area contributed by atoms with E-state index in [0.29, 0.717) is 18.1 Å². The fourth-order valence-electron chi connectivity index (χ4n) is 3.73. The molecule has 1 aliphatic heterocycles. The van der Waals surface area contributed by atoms with Crippen molar-refractivity contribution in [1.82, 2.24) is 24.2 Å². The maximum absolute atomic E-state index is 13.0. The molecule has 1 saturated heterocycles. The van der Waals surface area contributed by atoms with Gasteiger partial charge in [0.15, 0.2) is 5.01 Å². The summed E-state index contributed by atoms with van der Waals surface area (Å²) in [6.45, 7) is 5.25. The van der Waals surface area contributed by atoms with Gasteiger partial charge in [0.2, 0.25) is 0 Å². The molecular formula is C19H23N5O2S. The Morgan fingerprint density at radius 2 is 2.07 bits per heavy atom. The predicted octanol–water partition coefficient (Wildman–Crippen LogP) is 2.79. The van der Waals surface area contributed by atoms with E-state index in [0.717, 1.165) is 28.9 Å². The zero-order valence-electron chi connectivity index (χ0n) is 15.8. The molecule has 0 aliphatic carbocycles. The van der Waals surface area contributed by atoms with Crippen LogP contribution in [0.4, 0.5) is 0 Å². The Hall–Kier alpha value is -2.48. The first kappa shape index (κ1) is 17.9. The number of carbonyl (C=O) groups excluding carboxylic acids is 1. The van der Waals surface area contributed by atoms with Gasteiger partial charge in [-0.1, -0.05) is 12.1 Å². The number of aryl methyl sites for hydroxylation is 1. The third kappa shape index (κ3) is 3.18. The molecule has 3 aromatic rings. The third-order valence-corrected chi connectivity index (χ3v) is 6.07. The highest BCUT2D eigenvalue weighted by Crippen LogP contribution is 2.29. The fourth-order valence-corrected chi connectivity index (χ4v) is 4.67. The van der Waals surface area contributed by atoms with Crippen LogP contribution in [0.1, 0.15) is 54.3 Å². The number of aromatic nitrogens is 4. The van der Waals surface area contributed by atoms with E-state index in [1.165, 1.54) is 16.0 Å². The highest BCUT2D eigenvalue weighted by atomic mass is 32.1. The summed E-state index contributed by atoms with van der Waals surface area (Å²) >= 11 is 1.43. The molecule has 1 unspecified atom stereocenters. The third-order valence-electron chi connectivity index (χ3n) is 5.05. The van der Waals surface area contributed by atoms with Crippen LogP contribution in [0, 0.1) is 0 Å². The lowest BCUT2D eigenvalue weighted by Gasteiger charge is -2.32. The van der Waals surface area contributed by atoms with Crippen LogP contribution < -0.4 is 5.69 Å². The summed E-state index contributed by atoms with van der Waals surface area (Å²) in [6.07, 6.45) is 1.82. The molecule has 1 aromatic carbocycles. The standard InChI is InChI=1S/C19H23N5O2S/c1-12(2)24-16(21-22(3)19(24)26)13-7-6-10-23(11-13)18(25)17-20-14-8-4-5-9-15(14)27-17/h4-5,8-9,12-13H,6-7,10-11H2,1-3H3. The molecule has 27 heavy (non-hydrogen) atoms. The van der Waals surface area contributed by atoms with Crippen LogP contribution in [0.5, 0.6) is 0 Å². The van der Waals surface area contributed by atoms with Crippen molar-refractivity contribution < 1.29 is 4.79 Å². The molecule has 0 radical (unpaired) electrons. The number of rotatable bonds is 3. The summed E-state index contributed by atoms with van der Waals surface area (Å²) in [5.41, 5.74) is 0.757. The van der Waals surface area contributed by atoms with Gasteiger partial charge in [-0.2, -0.15) is 5.10 Å². The van der Waals surface area contributed by atoms with Crippen molar-refractivity contribution in [2.45, 2.75) is 38.6 Å². The van der Waals surface area contributed by atoms with Crippen LogP contribution in [0.3, 0.4) is 0 Å². The van der Waals surface area contributed by atoms with E-state index < -0.39 is 0 Å². The summed E-state index contributed by atoms with van der Waals surface area (Å²) in [5, 5.41) is 5.00. The molecule has 2 aromatic heterocycles. The molecule has 0 spiro atoms. The van der Waals surface area contributed by atoms with E-state index in [1.54, 1.807) is 11.6 Å². The quantitative estimate of drug-likeness (QED) is 0.695. The molecule has 0 saturated carbocycles. The lowest BCUT2D eigenvalue weighted by molar-refractivity contribution is 0.0702. The first-order valence-corrected chi connectivity index (χ1v) is 10.1. The molecule has 7 nitrogen and oxygen atoms in total. The lowest BCUT2D eigenvalue weighted by Crippen LogP contribution is -2.40. The molecule has 1 atom stereocenters. The number of carbonyl (C=O) groups is 1. The summed E-state index contributed by atoms with van der Waals surface area (Å²) in [7, 11) is 1.68. The average molecular weight is 385 g/mol. The molecule has 8 heteroatoms. The van der Waals surface area contributed by atoms with Crippen molar-refractivity contribution >= 4 is 27.5 Å². The van der Waals surface area contributed by atoms with Gasteiger partial charge >= 0.3 is 5.69 Å². The number of thiazole rings is 1. The number of amides is 1. The number of fused-ring (bicyclic) bond motifs is 1. The van der Waals surface area contributed by atoms with Crippen LogP contribution in [0.25, 0.3) is 10.2 Å². The smallest absolute Gasteiger partial charge is 0.336 e. The van der Waals surface area contributed by atoms with E-state index in [4.69, 9.17) is 0 Å². The average Bonchev–Trinajstić information content (AvgIpc) is 3.22. The molecule has 3 heterocycles. The maximum atomic E-state index is 13.0. The van der Waals surface area contributed by atoms with Crippen LogP contribution >= 0.6 is 11.3 Å². The first-order valence-electron chi connectivity index (χ1n) is 9.26. The second kappa shape index (κ2) is 6.92. The van der Waals surface area contributed by atoms with Gasteiger partial charge in [-0.05, 0) is 38.8 Å². The summed E-state index contributed by atoms with van der Waals surface area (Å²) in [4.78, 5) is 31.8. The number of hydrogen-bond acceptors (Lipinski definition) is 5. The van der Waals surface area contributed by atoms with Gasteiger partial charge in [-0.25, -0.2) is 14.5 Å². The van der Waals surface area contributed by atoms with E-state index in [1.807, 2.05) is 43.0 Å². The molecular weight excluding hydrogens is 362 g/mol. The first-order chi connectivity index (χ1) is 13.0. The number of piperidine rings is 1. The minimum atomic E-state index is -0.102. The van der Waals surface area contributed by atoms with Crippen LogP contribution in [0.15, 0.2) is 29.1 Å². The lowest BCUT2D eigenvalue weighted by atomic mass is 9.97. The van der Waals surface area contributed by atoms with Gasteiger partial charge in [0.1, 0.15) is 5.82 Å². The van der Waals surface area contributed by atoms with Crippen LogP contribution in [0.2, 0.25) is 0 Å². The molecule has 0 bridgehead atoms. The Balaban J connectivity index is 1.61. The topological polar surface area (TPSA) is 73.0 Å². The van der Waals surface area contributed by atoms with E-state index in [-0.39, 0.29) is 23.6 Å². The van der Waals surface area contributed by atoms with Gasteiger partial charge in [-0.3, -0.25) is 9.36 Å². The maximum Gasteiger partial charge on any atom is 0.345 e. The number of nitrogens with zero attached hydrogens (tertiary/aromatic N) is 5. The van der Waals surface area contributed by atoms with Crippen molar-refractivity contribution in [3.63, 3.8) is 0 Å². The van der Waals surface area contributed by atoms with Crippen molar-refractivity contribution in [3.05, 3.63) is 45.6 Å². The van der Waals surface area contributed by atoms with Crippen LogP contribution in [-0.2, 0) is 7.05 Å². The van der Waals surface area contributed by atoms with Crippen LogP contribution in [-0.4, -0.2) is 43.2 Å². The molecule has 0 N–H and O–H groups in total. The van der Waals surface area contributed by atoms with Gasteiger partial charge in [0, 0.05) is 32.1 Å². The normalized spacial score (nSPS) is 17.8. The number of benzene rings is 1. The summed E-state index contributed by atoms with van der Waals surface area (Å²) in [6, 6.07) is 7.84. The Kier molecular flexibility index (Phi) is 4.59. The van der Waals surface area contributed by atoms with E-state index in [2.05, 4.69) is 10.1 Å². The molecule has 1 aliphatic rings. The van der Waals surface area contributed by atoms with Crippen molar-refractivity contribution in [2.75, 3.05) is 13.1 Å². The Bertz CT molecular complexity index is 1010. The Morgan fingerprint density at radius 1 is 1.30 bits per heavy atom. The minimum absolute atomic E-state index is 0.0322. The number of hydrogen-bond donors (Lipinski definition) is 0. The Labute approximate surface area is 161 Å². The highest BCUT2D eigenvalue weighted by Gasteiger charge is 2.31. The second-order valence-electron chi connectivity index (χ2n) is 7.31. The minimum Gasteiger partial charge on any atom is -0.336 e. The number of para-hydroxylation sites is 1. The zero-order chi connectivity index (χ0) is 19.1. The summed E-state index contributed by atoms with van der Waals surface area (Å²) in [5.74, 6) is 0.808.